The van der Waals surface area contributed by atoms with Crippen LogP contribution in [0.1, 0.15) is 5.56 Å². The molecule has 0 radical (unpaired) electrons. The van der Waals surface area contributed by atoms with Crippen LogP contribution in [0.2, 0.25) is 0 Å². The molecule has 1 heterocycles. The lowest BCUT2D eigenvalue weighted by atomic mass is 10.1. The van der Waals surface area contributed by atoms with Crippen LogP contribution >= 0.6 is 0 Å². The molecule has 1 fully saturated rings. The van der Waals surface area contributed by atoms with Crippen molar-refractivity contribution in [2.75, 3.05) is 45.1 Å². The van der Waals surface area contributed by atoms with E-state index in [0.29, 0.717) is 0 Å². The largest absolute Gasteiger partial charge is 0.356 e. The van der Waals surface area contributed by atoms with Crippen LogP contribution in [-0.2, 0) is 11.3 Å². The first-order valence-electron chi connectivity index (χ1n) is 11.0. The van der Waals surface area contributed by atoms with E-state index in [1.165, 1.54) is 11.1 Å². The molecular weight excluding hydrogens is 400 g/mol. The van der Waals surface area contributed by atoms with Crippen LogP contribution in [0.5, 0.6) is 0 Å². The summed E-state index contributed by atoms with van der Waals surface area (Å²) in [5, 5.41) is 14.4. The number of hydroxylamine groups is 2. The van der Waals surface area contributed by atoms with Gasteiger partial charge in [0.05, 0.1) is 13.1 Å². The van der Waals surface area contributed by atoms with E-state index < -0.39 is 0 Å². The lowest BCUT2D eigenvalue weighted by Crippen LogP contribution is -2.48. The third kappa shape index (κ3) is 5.95. The zero-order valence-electron chi connectivity index (χ0n) is 18.4. The van der Waals surface area contributed by atoms with Gasteiger partial charge in [0.1, 0.15) is 0 Å². The SMILES string of the molecule is CN1CCN(CC(=O)N(O)Cc2ccc(Nc3ccc(-c4ccccc4)cc3)cc2)CC1. The normalized spacial score (nSPS) is 14.8. The van der Waals surface area contributed by atoms with E-state index in [1.54, 1.807) is 0 Å². The van der Waals surface area contributed by atoms with Crippen LogP contribution < -0.4 is 5.32 Å². The van der Waals surface area contributed by atoms with Gasteiger partial charge in [-0.1, -0.05) is 54.6 Å². The number of hydrogen-bond acceptors (Lipinski definition) is 5. The fourth-order valence-corrected chi connectivity index (χ4v) is 3.78. The highest BCUT2D eigenvalue weighted by Gasteiger charge is 2.19. The maximum absolute atomic E-state index is 12.3. The monoisotopic (exact) mass is 430 g/mol. The summed E-state index contributed by atoms with van der Waals surface area (Å²) >= 11 is 0. The second-order valence-corrected chi connectivity index (χ2v) is 8.30. The first-order chi connectivity index (χ1) is 15.6. The molecule has 2 N–H and O–H groups in total. The van der Waals surface area contributed by atoms with Crippen molar-refractivity contribution >= 4 is 17.3 Å². The van der Waals surface area contributed by atoms with E-state index in [1.807, 2.05) is 42.5 Å². The molecule has 0 spiro atoms. The summed E-state index contributed by atoms with van der Waals surface area (Å²) in [7, 11) is 2.08. The summed E-state index contributed by atoms with van der Waals surface area (Å²) in [5.41, 5.74) is 5.21. The molecule has 1 aliphatic heterocycles. The Morgan fingerprint density at radius 3 is 2.03 bits per heavy atom. The summed E-state index contributed by atoms with van der Waals surface area (Å²) in [5.74, 6) is -0.268. The number of piperazine rings is 1. The van der Waals surface area contributed by atoms with Crippen LogP contribution in [0.25, 0.3) is 11.1 Å². The van der Waals surface area contributed by atoms with Crippen molar-refractivity contribution in [3.05, 3.63) is 84.4 Å². The summed E-state index contributed by atoms with van der Waals surface area (Å²) in [6.07, 6.45) is 0. The molecule has 32 heavy (non-hydrogen) atoms. The number of hydrogen-bond donors (Lipinski definition) is 2. The Kier molecular flexibility index (Phi) is 7.17. The molecule has 1 amide bonds. The smallest absolute Gasteiger partial charge is 0.260 e. The van der Waals surface area contributed by atoms with Crippen molar-refractivity contribution in [1.29, 1.82) is 0 Å². The standard InChI is InChI=1S/C26H30N4O2/c1-28-15-17-29(18-16-28)20-26(31)30(32)19-21-7-11-24(12-8-21)27-25-13-9-23(10-14-25)22-5-3-2-4-6-22/h2-14,27,32H,15-20H2,1H3. The highest BCUT2D eigenvalue weighted by atomic mass is 16.5. The van der Waals surface area contributed by atoms with Gasteiger partial charge in [-0.3, -0.25) is 14.9 Å². The highest BCUT2D eigenvalue weighted by Crippen LogP contribution is 2.23. The minimum atomic E-state index is -0.268. The first kappa shape index (κ1) is 22.0. The Morgan fingerprint density at radius 1 is 0.844 bits per heavy atom. The second-order valence-electron chi connectivity index (χ2n) is 8.30. The molecule has 6 nitrogen and oxygen atoms in total. The Hall–Kier alpha value is -3.19. The van der Waals surface area contributed by atoms with Gasteiger partial charge in [0.25, 0.3) is 5.91 Å². The number of carbonyl (C=O) groups is 1. The minimum Gasteiger partial charge on any atom is -0.356 e. The Morgan fingerprint density at radius 2 is 1.41 bits per heavy atom. The molecule has 166 valence electrons. The minimum absolute atomic E-state index is 0.179. The van der Waals surface area contributed by atoms with Crippen molar-refractivity contribution in [2.45, 2.75) is 6.54 Å². The maximum Gasteiger partial charge on any atom is 0.260 e. The molecule has 0 aromatic heterocycles. The summed E-state index contributed by atoms with van der Waals surface area (Å²) in [6.45, 7) is 4.03. The molecule has 3 aromatic rings. The Bertz CT molecular complexity index is 998. The van der Waals surface area contributed by atoms with Gasteiger partial charge in [-0.15, -0.1) is 0 Å². The summed E-state index contributed by atoms with van der Waals surface area (Å²) < 4.78 is 0. The number of likely N-dealkylation sites (N-methyl/N-ethyl adjacent to an activating group) is 1. The topological polar surface area (TPSA) is 59.0 Å². The maximum atomic E-state index is 12.3. The molecule has 0 atom stereocenters. The molecule has 0 unspecified atom stereocenters. The van der Waals surface area contributed by atoms with Gasteiger partial charge in [0.15, 0.2) is 0 Å². The number of nitrogens with zero attached hydrogens (tertiary/aromatic N) is 3. The van der Waals surface area contributed by atoms with E-state index in [2.05, 4.69) is 58.6 Å². The molecule has 0 bridgehead atoms. The number of amides is 1. The predicted molar refractivity (Wildman–Crippen MR) is 128 cm³/mol. The number of carbonyl (C=O) groups excluding carboxylic acids is 1. The first-order valence-corrected chi connectivity index (χ1v) is 11.0. The van der Waals surface area contributed by atoms with Gasteiger partial charge < -0.3 is 10.2 Å². The molecule has 0 aliphatic carbocycles. The average Bonchev–Trinajstić information content (AvgIpc) is 2.83. The van der Waals surface area contributed by atoms with Crippen molar-refractivity contribution in [2.24, 2.45) is 0 Å². The number of rotatable bonds is 7. The quantitative estimate of drug-likeness (QED) is 0.437. The van der Waals surface area contributed by atoms with E-state index in [0.717, 1.165) is 48.2 Å². The van der Waals surface area contributed by atoms with Gasteiger partial charge >= 0.3 is 0 Å². The van der Waals surface area contributed by atoms with Gasteiger partial charge in [-0.05, 0) is 48.0 Å². The zero-order chi connectivity index (χ0) is 22.3. The van der Waals surface area contributed by atoms with Crippen LogP contribution in [0.4, 0.5) is 11.4 Å². The third-order valence-corrected chi connectivity index (χ3v) is 5.81. The molecule has 4 rings (SSSR count). The molecule has 6 heteroatoms. The van der Waals surface area contributed by atoms with Crippen LogP contribution in [0.15, 0.2) is 78.9 Å². The van der Waals surface area contributed by atoms with E-state index in [4.69, 9.17) is 0 Å². The molecular formula is C26H30N4O2. The number of nitrogens with one attached hydrogen (secondary N) is 1. The lowest BCUT2D eigenvalue weighted by molar-refractivity contribution is -0.169. The van der Waals surface area contributed by atoms with Gasteiger partial charge in [-0.2, -0.15) is 0 Å². The van der Waals surface area contributed by atoms with Gasteiger partial charge in [-0.25, -0.2) is 5.06 Å². The number of benzene rings is 3. The second kappa shape index (κ2) is 10.4. The molecule has 0 saturated carbocycles. The fourth-order valence-electron chi connectivity index (χ4n) is 3.78. The predicted octanol–water partition coefficient (Wildman–Crippen LogP) is 4.06. The van der Waals surface area contributed by atoms with Crippen LogP contribution in [0, 0.1) is 0 Å². The van der Waals surface area contributed by atoms with E-state index >= 15 is 0 Å². The lowest BCUT2D eigenvalue weighted by Gasteiger charge is -2.32. The van der Waals surface area contributed by atoms with Crippen LogP contribution in [-0.4, -0.2) is 65.7 Å². The van der Waals surface area contributed by atoms with Crippen LogP contribution in [0.3, 0.4) is 0 Å². The van der Waals surface area contributed by atoms with E-state index in [9.17, 15) is 10.0 Å². The van der Waals surface area contributed by atoms with Gasteiger partial charge in [0.2, 0.25) is 0 Å². The molecule has 1 aliphatic rings. The van der Waals surface area contributed by atoms with Gasteiger partial charge in [0, 0.05) is 37.6 Å². The van der Waals surface area contributed by atoms with Crippen molar-refractivity contribution in [1.82, 2.24) is 14.9 Å². The zero-order valence-corrected chi connectivity index (χ0v) is 18.4. The van der Waals surface area contributed by atoms with Crippen molar-refractivity contribution < 1.29 is 10.0 Å². The summed E-state index contributed by atoms with van der Waals surface area (Å²) in [4.78, 5) is 16.7. The van der Waals surface area contributed by atoms with Crippen molar-refractivity contribution in [3.8, 4) is 11.1 Å². The molecule has 3 aromatic carbocycles. The third-order valence-electron chi connectivity index (χ3n) is 5.81. The molecule has 1 saturated heterocycles. The Labute approximate surface area is 189 Å². The number of anilines is 2. The summed E-state index contributed by atoms with van der Waals surface area (Å²) in [6, 6.07) is 26.4. The average molecular weight is 431 g/mol. The highest BCUT2D eigenvalue weighted by molar-refractivity contribution is 5.77. The van der Waals surface area contributed by atoms with E-state index in [-0.39, 0.29) is 19.0 Å². The Balaban J connectivity index is 1.28. The van der Waals surface area contributed by atoms with Crippen molar-refractivity contribution in [3.63, 3.8) is 0 Å². The fraction of sp³-hybridized carbons (Fsp3) is 0.269.